The first kappa shape index (κ1) is 10.9. The molecule has 2 rings (SSSR count). The predicted molar refractivity (Wildman–Crippen MR) is 57.1 cm³/mol. The highest BCUT2D eigenvalue weighted by molar-refractivity contribution is 6.31. The lowest BCUT2D eigenvalue weighted by atomic mass is 9.98. The maximum absolute atomic E-state index is 13.5. The zero-order chi connectivity index (χ0) is 11.0. The summed E-state index contributed by atoms with van der Waals surface area (Å²) in [5.41, 5.74) is 6.03. The van der Waals surface area contributed by atoms with Crippen LogP contribution in [0.4, 0.5) is 4.39 Å². The summed E-state index contributed by atoms with van der Waals surface area (Å²) < 4.78 is 13.5. The van der Waals surface area contributed by atoms with E-state index in [0.717, 1.165) is 12.8 Å². The van der Waals surface area contributed by atoms with Crippen molar-refractivity contribution in [2.75, 3.05) is 0 Å². The first-order valence-corrected chi connectivity index (χ1v) is 5.36. The molecule has 1 aliphatic carbocycles. The van der Waals surface area contributed by atoms with Crippen LogP contribution in [0.3, 0.4) is 0 Å². The van der Waals surface area contributed by atoms with Gasteiger partial charge in [0.05, 0.1) is 12.1 Å². The monoisotopic (exact) mass is 229 g/mol. The van der Waals surface area contributed by atoms with E-state index in [1.54, 1.807) is 6.07 Å². The molecule has 0 bridgehead atoms. The van der Waals surface area contributed by atoms with Crippen LogP contribution in [0.15, 0.2) is 18.2 Å². The molecule has 0 radical (unpaired) electrons. The zero-order valence-corrected chi connectivity index (χ0v) is 8.91. The van der Waals surface area contributed by atoms with E-state index in [4.69, 9.17) is 17.3 Å². The fraction of sp³-hybridized carbons (Fsp3) is 0.455. The summed E-state index contributed by atoms with van der Waals surface area (Å²) in [6, 6.07) is 3.68. The number of hydrogen-bond donors (Lipinski definition) is 2. The molecule has 4 heteroatoms. The van der Waals surface area contributed by atoms with Crippen LogP contribution in [-0.4, -0.2) is 11.2 Å². The first-order valence-electron chi connectivity index (χ1n) is 4.99. The van der Waals surface area contributed by atoms with Crippen molar-refractivity contribution >= 4 is 11.6 Å². The van der Waals surface area contributed by atoms with Gasteiger partial charge in [-0.25, -0.2) is 4.39 Å². The van der Waals surface area contributed by atoms with E-state index in [1.165, 1.54) is 12.1 Å². The lowest BCUT2D eigenvalue weighted by Gasteiger charge is -2.20. The third kappa shape index (κ3) is 2.14. The van der Waals surface area contributed by atoms with Crippen molar-refractivity contribution in [1.82, 2.24) is 0 Å². The molecule has 0 spiro atoms. The maximum atomic E-state index is 13.5. The highest BCUT2D eigenvalue weighted by Gasteiger charge is 2.35. The van der Waals surface area contributed by atoms with Gasteiger partial charge in [-0.1, -0.05) is 17.7 Å². The molecule has 1 aliphatic rings. The Hall–Kier alpha value is -0.640. The van der Waals surface area contributed by atoms with Crippen molar-refractivity contribution in [3.63, 3.8) is 0 Å². The topological polar surface area (TPSA) is 46.2 Å². The Labute approximate surface area is 92.9 Å². The number of halogens is 2. The molecule has 0 amide bonds. The van der Waals surface area contributed by atoms with Crippen LogP contribution in [0.2, 0.25) is 5.02 Å². The van der Waals surface area contributed by atoms with Gasteiger partial charge in [0, 0.05) is 10.6 Å². The second-order valence-electron chi connectivity index (χ2n) is 3.99. The number of aliphatic hydroxyl groups is 1. The lowest BCUT2D eigenvalue weighted by molar-refractivity contribution is 0.121. The lowest BCUT2D eigenvalue weighted by Crippen LogP contribution is -2.29. The SMILES string of the molecule is N[C@@H](c1c(F)cccc1Cl)[C@H](O)C1CC1. The molecule has 3 N–H and O–H groups in total. The first-order chi connectivity index (χ1) is 7.11. The molecule has 1 aromatic rings. The normalized spacial score (nSPS) is 20.0. The minimum absolute atomic E-state index is 0.204. The number of aliphatic hydroxyl groups excluding tert-OH is 1. The molecule has 0 saturated heterocycles. The standard InChI is InChI=1S/C11H13ClFNO/c12-7-2-1-3-8(13)9(7)10(14)11(15)6-4-5-6/h1-3,6,10-11,15H,4-5,14H2/t10-,11+/m0/s1. The summed E-state index contributed by atoms with van der Waals surface area (Å²) >= 11 is 5.86. The summed E-state index contributed by atoms with van der Waals surface area (Å²) in [5.74, 6) is -0.245. The Morgan fingerprint density at radius 2 is 2.13 bits per heavy atom. The predicted octanol–water partition coefficient (Wildman–Crippen LogP) is 2.25. The largest absolute Gasteiger partial charge is 0.391 e. The summed E-state index contributed by atoms with van der Waals surface area (Å²) in [5, 5.41) is 10.1. The van der Waals surface area contributed by atoms with E-state index >= 15 is 0 Å². The average Bonchev–Trinajstić information content (AvgIpc) is 2.99. The molecular formula is C11H13ClFNO. The Kier molecular flexibility index (Phi) is 2.96. The molecule has 0 heterocycles. The molecule has 0 aliphatic heterocycles. The summed E-state index contributed by atoms with van der Waals surface area (Å²) in [7, 11) is 0. The highest BCUT2D eigenvalue weighted by Crippen LogP contribution is 2.39. The van der Waals surface area contributed by atoms with Gasteiger partial charge < -0.3 is 10.8 Å². The van der Waals surface area contributed by atoms with Gasteiger partial charge in [0.2, 0.25) is 0 Å². The van der Waals surface area contributed by atoms with Crippen LogP contribution >= 0.6 is 11.6 Å². The summed E-state index contributed by atoms with van der Waals surface area (Å²) in [4.78, 5) is 0. The van der Waals surface area contributed by atoms with Crippen molar-refractivity contribution in [3.05, 3.63) is 34.6 Å². The Balaban J connectivity index is 2.27. The van der Waals surface area contributed by atoms with E-state index in [1.807, 2.05) is 0 Å². The summed E-state index contributed by atoms with van der Waals surface area (Å²) in [6.07, 6.45) is 1.22. The maximum Gasteiger partial charge on any atom is 0.129 e. The number of rotatable bonds is 3. The molecule has 15 heavy (non-hydrogen) atoms. The van der Waals surface area contributed by atoms with Gasteiger partial charge in [-0.05, 0) is 30.9 Å². The van der Waals surface area contributed by atoms with Crippen LogP contribution in [0.25, 0.3) is 0 Å². The average molecular weight is 230 g/mol. The number of hydrogen-bond acceptors (Lipinski definition) is 2. The van der Waals surface area contributed by atoms with Crippen molar-refractivity contribution in [1.29, 1.82) is 0 Å². The molecule has 82 valence electrons. The molecular weight excluding hydrogens is 217 g/mol. The van der Waals surface area contributed by atoms with Crippen LogP contribution in [0.1, 0.15) is 24.4 Å². The van der Waals surface area contributed by atoms with Gasteiger partial charge in [-0.15, -0.1) is 0 Å². The molecule has 2 nitrogen and oxygen atoms in total. The highest BCUT2D eigenvalue weighted by atomic mass is 35.5. The zero-order valence-electron chi connectivity index (χ0n) is 8.16. The van der Waals surface area contributed by atoms with E-state index in [0.29, 0.717) is 0 Å². The third-order valence-corrected chi connectivity index (χ3v) is 3.14. The van der Waals surface area contributed by atoms with Crippen molar-refractivity contribution in [3.8, 4) is 0 Å². The summed E-state index contributed by atoms with van der Waals surface area (Å²) in [6.45, 7) is 0. The fourth-order valence-corrected chi connectivity index (χ4v) is 2.02. The smallest absolute Gasteiger partial charge is 0.129 e. The minimum Gasteiger partial charge on any atom is -0.391 e. The van der Waals surface area contributed by atoms with Gasteiger partial charge in [0.25, 0.3) is 0 Å². The van der Waals surface area contributed by atoms with Crippen LogP contribution in [-0.2, 0) is 0 Å². The van der Waals surface area contributed by atoms with Gasteiger partial charge >= 0.3 is 0 Å². The van der Waals surface area contributed by atoms with Crippen molar-refractivity contribution in [2.45, 2.75) is 25.0 Å². The number of nitrogens with two attached hydrogens (primary N) is 1. The van der Waals surface area contributed by atoms with Crippen molar-refractivity contribution < 1.29 is 9.50 Å². The fourth-order valence-electron chi connectivity index (χ4n) is 1.73. The van der Waals surface area contributed by atoms with Gasteiger partial charge in [0.15, 0.2) is 0 Å². The van der Waals surface area contributed by atoms with Crippen LogP contribution < -0.4 is 5.73 Å². The van der Waals surface area contributed by atoms with Crippen LogP contribution in [0.5, 0.6) is 0 Å². The Morgan fingerprint density at radius 1 is 1.47 bits per heavy atom. The van der Waals surface area contributed by atoms with E-state index in [-0.39, 0.29) is 16.5 Å². The molecule has 1 saturated carbocycles. The van der Waals surface area contributed by atoms with E-state index < -0.39 is 18.0 Å². The molecule has 1 fully saturated rings. The number of benzene rings is 1. The van der Waals surface area contributed by atoms with Gasteiger partial charge in [0.1, 0.15) is 5.82 Å². The van der Waals surface area contributed by atoms with Gasteiger partial charge in [-0.2, -0.15) is 0 Å². The molecule has 0 unspecified atom stereocenters. The Morgan fingerprint density at radius 3 is 2.67 bits per heavy atom. The molecule has 0 aromatic heterocycles. The van der Waals surface area contributed by atoms with Crippen LogP contribution in [0, 0.1) is 11.7 Å². The van der Waals surface area contributed by atoms with Crippen molar-refractivity contribution in [2.24, 2.45) is 11.7 Å². The molecule has 2 atom stereocenters. The minimum atomic E-state index is -0.730. The quantitative estimate of drug-likeness (QED) is 0.835. The second kappa shape index (κ2) is 4.08. The molecule has 1 aromatic carbocycles. The Bertz CT molecular complexity index is 347. The third-order valence-electron chi connectivity index (χ3n) is 2.81. The second-order valence-corrected chi connectivity index (χ2v) is 4.40. The van der Waals surface area contributed by atoms with E-state index in [9.17, 15) is 9.50 Å². The van der Waals surface area contributed by atoms with E-state index in [2.05, 4.69) is 0 Å². The van der Waals surface area contributed by atoms with Gasteiger partial charge in [-0.3, -0.25) is 0 Å².